The van der Waals surface area contributed by atoms with Crippen LogP contribution in [0.2, 0.25) is 0 Å². The molecule has 0 bridgehead atoms. The number of carbonyl (C=O) groups is 1. The van der Waals surface area contributed by atoms with Crippen molar-refractivity contribution in [2.24, 2.45) is 0 Å². The molecule has 0 saturated heterocycles. The highest BCUT2D eigenvalue weighted by Crippen LogP contribution is 2.32. The third-order valence-corrected chi connectivity index (χ3v) is 2.99. The molecule has 6 nitrogen and oxygen atoms in total. The van der Waals surface area contributed by atoms with Gasteiger partial charge in [-0.1, -0.05) is 0 Å². The minimum absolute atomic E-state index is 0.0985. The smallest absolute Gasteiger partial charge is 0.267 e. The number of ketones is 1. The van der Waals surface area contributed by atoms with Gasteiger partial charge in [0.05, 0.1) is 6.20 Å². The van der Waals surface area contributed by atoms with Crippen LogP contribution in [0.25, 0.3) is 0 Å². The predicted molar refractivity (Wildman–Crippen MR) is 70.1 cm³/mol. The van der Waals surface area contributed by atoms with Gasteiger partial charge in [0.25, 0.3) is 5.56 Å². The fourth-order valence-corrected chi connectivity index (χ4v) is 1.94. The molecule has 2 aromatic rings. The molecule has 1 aromatic heterocycles. The van der Waals surface area contributed by atoms with Crippen LogP contribution in [0.1, 0.15) is 15.9 Å². The number of aromatic nitrogens is 2. The quantitative estimate of drug-likeness (QED) is 0.784. The van der Waals surface area contributed by atoms with Gasteiger partial charge in [0.2, 0.25) is 6.79 Å². The van der Waals surface area contributed by atoms with Crippen LogP contribution < -0.4 is 15.0 Å². The standard InChI is InChI=1S/C14H12N2O4/c1-9-4-14(18)16(15-6-9)7-11(17)10-2-3-12-13(5-10)20-8-19-12/h2-6H,7-8H2,1H3. The first-order valence-electron chi connectivity index (χ1n) is 6.10. The molecule has 2 heterocycles. The van der Waals surface area contributed by atoms with Crippen LogP contribution in [-0.4, -0.2) is 22.4 Å². The third-order valence-electron chi connectivity index (χ3n) is 2.99. The minimum Gasteiger partial charge on any atom is -0.454 e. The summed E-state index contributed by atoms with van der Waals surface area (Å²) in [5.74, 6) is 0.953. The van der Waals surface area contributed by atoms with Crippen molar-refractivity contribution in [3.8, 4) is 11.5 Å². The van der Waals surface area contributed by atoms with Crippen molar-refractivity contribution in [2.75, 3.05) is 6.79 Å². The largest absolute Gasteiger partial charge is 0.454 e. The molecule has 0 amide bonds. The maximum atomic E-state index is 12.2. The lowest BCUT2D eigenvalue weighted by molar-refractivity contribution is 0.0965. The van der Waals surface area contributed by atoms with E-state index in [1.54, 1.807) is 31.3 Å². The van der Waals surface area contributed by atoms with Crippen molar-refractivity contribution >= 4 is 5.78 Å². The number of hydrogen-bond acceptors (Lipinski definition) is 5. The van der Waals surface area contributed by atoms with Gasteiger partial charge in [0.1, 0.15) is 6.54 Å². The first-order valence-corrected chi connectivity index (χ1v) is 6.10. The van der Waals surface area contributed by atoms with Crippen LogP contribution in [-0.2, 0) is 6.54 Å². The Balaban J connectivity index is 1.84. The first-order chi connectivity index (χ1) is 9.63. The van der Waals surface area contributed by atoms with E-state index in [4.69, 9.17) is 9.47 Å². The maximum Gasteiger partial charge on any atom is 0.267 e. The average molecular weight is 272 g/mol. The van der Waals surface area contributed by atoms with Gasteiger partial charge in [-0.15, -0.1) is 0 Å². The monoisotopic (exact) mass is 272 g/mol. The molecule has 0 atom stereocenters. The zero-order valence-corrected chi connectivity index (χ0v) is 10.8. The van der Waals surface area contributed by atoms with Crippen LogP contribution in [0.5, 0.6) is 11.5 Å². The Hall–Kier alpha value is -2.63. The molecule has 1 aliphatic heterocycles. The number of fused-ring (bicyclic) bond motifs is 1. The van der Waals surface area contributed by atoms with E-state index in [2.05, 4.69) is 5.10 Å². The van der Waals surface area contributed by atoms with Crippen molar-refractivity contribution in [3.05, 3.63) is 51.9 Å². The van der Waals surface area contributed by atoms with E-state index in [-0.39, 0.29) is 24.7 Å². The van der Waals surface area contributed by atoms with Crippen LogP contribution in [0.4, 0.5) is 0 Å². The molecule has 0 radical (unpaired) electrons. The molecule has 20 heavy (non-hydrogen) atoms. The molecule has 102 valence electrons. The Bertz CT molecular complexity index is 736. The van der Waals surface area contributed by atoms with Crippen molar-refractivity contribution in [1.29, 1.82) is 0 Å². The van der Waals surface area contributed by atoms with E-state index in [1.165, 1.54) is 6.07 Å². The second-order valence-corrected chi connectivity index (χ2v) is 4.52. The number of Topliss-reactive ketones (excluding diaryl/α,β-unsaturated/α-hetero) is 1. The van der Waals surface area contributed by atoms with Crippen molar-refractivity contribution in [1.82, 2.24) is 9.78 Å². The van der Waals surface area contributed by atoms with Gasteiger partial charge >= 0.3 is 0 Å². The lowest BCUT2D eigenvalue weighted by atomic mass is 10.1. The molecule has 0 fully saturated rings. The fourth-order valence-electron chi connectivity index (χ4n) is 1.94. The highest BCUT2D eigenvalue weighted by atomic mass is 16.7. The summed E-state index contributed by atoms with van der Waals surface area (Å²) in [6.07, 6.45) is 1.55. The Labute approximate surface area is 114 Å². The normalized spacial score (nSPS) is 12.4. The minimum atomic E-state index is -0.293. The number of hydrogen-bond donors (Lipinski definition) is 0. The van der Waals surface area contributed by atoms with Gasteiger partial charge in [-0.3, -0.25) is 9.59 Å². The molecule has 0 N–H and O–H groups in total. The van der Waals surface area contributed by atoms with Gasteiger partial charge < -0.3 is 9.47 Å². The van der Waals surface area contributed by atoms with Gasteiger partial charge in [0.15, 0.2) is 17.3 Å². The summed E-state index contributed by atoms with van der Waals surface area (Å²) in [5.41, 5.74) is 0.935. The van der Waals surface area contributed by atoms with E-state index in [0.29, 0.717) is 17.1 Å². The fraction of sp³-hybridized carbons (Fsp3) is 0.214. The molecule has 0 spiro atoms. The molecule has 1 aliphatic rings. The molecule has 0 saturated carbocycles. The molecule has 0 unspecified atom stereocenters. The number of rotatable bonds is 3. The first kappa shape index (κ1) is 12.4. The summed E-state index contributed by atoms with van der Waals surface area (Å²) in [7, 11) is 0. The Morgan fingerprint density at radius 3 is 2.90 bits per heavy atom. The SMILES string of the molecule is Cc1cnn(CC(=O)c2ccc3c(c2)OCO3)c(=O)c1. The lowest BCUT2D eigenvalue weighted by Gasteiger charge is -2.05. The lowest BCUT2D eigenvalue weighted by Crippen LogP contribution is -2.26. The summed E-state index contributed by atoms with van der Waals surface area (Å²) in [4.78, 5) is 23.9. The molecule has 6 heteroatoms. The van der Waals surface area contributed by atoms with E-state index in [9.17, 15) is 9.59 Å². The molecule has 3 rings (SSSR count). The zero-order chi connectivity index (χ0) is 14.1. The molecule has 1 aromatic carbocycles. The summed E-state index contributed by atoms with van der Waals surface area (Å²) < 4.78 is 11.5. The summed E-state index contributed by atoms with van der Waals surface area (Å²) in [6.45, 7) is 1.84. The Morgan fingerprint density at radius 2 is 2.10 bits per heavy atom. The number of carbonyl (C=O) groups excluding carboxylic acids is 1. The van der Waals surface area contributed by atoms with Crippen LogP contribution >= 0.6 is 0 Å². The summed E-state index contributed by atoms with van der Waals surface area (Å²) in [5, 5.41) is 3.94. The molecule has 0 aliphatic carbocycles. The number of nitrogens with zero attached hydrogens (tertiary/aromatic N) is 2. The number of aryl methyl sites for hydroxylation is 1. The third kappa shape index (κ3) is 2.27. The van der Waals surface area contributed by atoms with Gasteiger partial charge in [-0.25, -0.2) is 4.68 Å². The maximum absolute atomic E-state index is 12.2. The average Bonchev–Trinajstić information content (AvgIpc) is 2.89. The van der Waals surface area contributed by atoms with E-state index in [1.807, 2.05) is 0 Å². The van der Waals surface area contributed by atoms with Crippen LogP contribution in [0, 0.1) is 6.92 Å². The zero-order valence-electron chi connectivity index (χ0n) is 10.8. The van der Waals surface area contributed by atoms with Crippen molar-refractivity contribution in [2.45, 2.75) is 13.5 Å². The van der Waals surface area contributed by atoms with E-state index >= 15 is 0 Å². The number of benzene rings is 1. The number of ether oxygens (including phenoxy) is 2. The van der Waals surface area contributed by atoms with Crippen molar-refractivity contribution in [3.63, 3.8) is 0 Å². The highest BCUT2D eigenvalue weighted by molar-refractivity contribution is 5.96. The summed E-state index contributed by atoms with van der Waals surface area (Å²) >= 11 is 0. The predicted octanol–water partition coefficient (Wildman–Crippen LogP) is 1.16. The van der Waals surface area contributed by atoms with Crippen LogP contribution in [0.15, 0.2) is 35.3 Å². The van der Waals surface area contributed by atoms with E-state index < -0.39 is 0 Å². The van der Waals surface area contributed by atoms with Gasteiger partial charge in [0, 0.05) is 11.6 Å². The summed E-state index contributed by atoms with van der Waals surface area (Å²) in [6, 6.07) is 6.39. The Morgan fingerprint density at radius 1 is 1.30 bits per heavy atom. The second-order valence-electron chi connectivity index (χ2n) is 4.52. The highest BCUT2D eigenvalue weighted by Gasteiger charge is 2.16. The Kier molecular flexibility index (Phi) is 2.98. The van der Waals surface area contributed by atoms with E-state index in [0.717, 1.165) is 10.2 Å². The van der Waals surface area contributed by atoms with Gasteiger partial charge in [-0.2, -0.15) is 5.10 Å². The van der Waals surface area contributed by atoms with Gasteiger partial charge in [-0.05, 0) is 30.7 Å². The molecular weight excluding hydrogens is 260 g/mol. The second kappa shape index (κ2) is 4.80. The topological polar surface area (TPSA) is 70.4 Å². The van der Waals surface area contributed by atoms with Crippen molar-refractivity contribution < 1.29 is 14.3 Å². The van der Waals surface area contributed by atoms with Crippen LogP contribution in [0.3, 0.4) is 0 Å². The molecular formula is C14H12N2O4.